The molecule has 0 aliphatic heterocycles. The molecule has 0 spiro atoms. The minimum Gasteiger partial charge on any atom is -0.197 e. The summed E-state index contributed by atoms with van der Waals surface area (Å²) in [4.78, 5) is 0. The average molecular weight is 226 g/mol. The fraction of sp³-hybridized carbons (Fsp3) is 0.300. The van der Waals surface area contributed by atoms with Gasteiger partial charge in [0.25, 0.3) is 0 Å². The molecular formula is C10H8BrN. The summed E-state index contributed by atoms with van der Waals surface area (Å²) in [5.41, 5.74) is -0.547. The number of nitrogens with zero attached hydrogens (tertiary/aromatic N) is 1. The summed E-state index contributed by atoms with van der Waals surface area (Å²) in [5.74, 6) is 0. The zero-order chi connectivity index (χ0) is 12.1. The summed E-state index contributed by atoms with van der Waals surface area (Å²) >= 11 is 3.03. The maximum Gasteiger partial charge on any atom is 0.0823 e. The summed E-state index contributed by atoms with van der Waals surface area (Å²) < 4.78 is 31.1. The minimum atomic E-state index is -0.791. The van der Waals surface area contributed by atoms with E-state index >= 15 is 0 Å². The Labute approximate surface area is 85.8 Å². The normalized spacial score (nSPS) is 23.0. The van der Waals surface area contributed by atoms with Crippen LogP contribution in [-0.2, 0) is 5.41 Å². The first-order valence-corrected chi connectivity index (χ1v) is 4.41. The number of benzene rings is 1. The molecule has 1 aliphatic carbocycles. The standard InChI is InChI=1S/C10H8BrN/c11-9-3-1-8(2-4-9)10(7-12)5-6-10/h1-4H,5-6H2/i1D,2D,3D,4D. The quantitative estimate of drug-likeness (QED) is 0.722. The topological polar surface area (TPSA) is 23.8 Å². The Morgan fingerprint density at radius 2 is 2.00 bits per heavy atom. The maximum absolute atomic E-state index is 9.06. The SMILES string of the molecule is [2H]c1c([2H])c(C2(C#N)CC2)c([2H])c([2H])c1Br. The number of hydrogen-bond donors (Lipinski definition) is 0. The third kappa shape index (κ3) is 1.15. The first kappa shape index (κ1) is 4.43. The summed E-state index contributed by atoms with van der Waals surface area (Å²) in [6.45, 7) is 0. The van der Waals surface area contributed by atoms with Gasteiger partial charge in [0.05, 0.1) is 17.0 Å². The minimum absolute atomic E-state index is 0.105. The van der Waals surface area contributed by atoms with Gasteiger partial charge >= 0.3 is 0 Å². The molecule has 0 bridgehead atoms. The second kappa shape index (κ2) is 2.60. The lowest BCUT2D eigenvalue weighted by Crippen LogP contribution is -2.01. The second-order valence-electron chi connectivity index (χ2n) is 2.88. The molecule has 0 saturated heterocycles. The van der Waals surface area contributed by atoms with Crippen molar-refractivity contribution >= 4 is 15.9 Å². The van der Waals surface area contributed by atoms with Gasteiger partial charge in [-0.1, -0.05) is 28.0 Å². The number of nitriles is 1. The number of halogens is 1. The molecule has 1 saturated carbocycles. The molecule has 2 heteroatoms. The first-order valence-electron chi connectivity index (χ1n) is 5.62. The lowest BCUT2D eigenvalue weighted by atomic mass is 9.98. The predicted octanol–water partition coefficient (Wildman–Crippen LogP) is 3.00. The summed E-state index contributed by atoms with van der Waals surface area (Å²) in [6, 6.07) is 1.67. The molecule has 1 aliphatic rings. The highest BCUT2D eigenvalue weighted by Gasteiger charge is 2.44. The molecule has 0 unspecified atom stereocenters. The van der Waals surface area contributed by atoms with Crippen LogP contribution in [0.2, 0.25) is 0 Å². The zero-order valence-electron chi connectivity index (χ0n) is 10.2. The predicted molar refractivity (Wildman–Crippen MR) is 50.7 cm³/mol. The van der Waals surface area contributed by atoms with E-state index in [9.17, 15) is 0 Å². The Morgan fingerprint density at radius 3 is 2.42 bits per heavy atom. The molecule has 0 N–H and O–H groups in total. The third-order valence-corrected chi connectivity index (χ3v) is 2.43. The molecule has 0 radical (unpaired) electrons. The van der Waals surface area contributed by atoms with Crippen LogP contribution in [0.4, 0.5) is 0 Å². The lowest BCUT2D eigenvalue weighted by Gasteiger charge is -2.04. The van der Waals surface area contributed by atoms with Crippen LogP contribution in [0.3, 0.4) is 0 Å². The van der Waals surface area contributed by atoms with Gasteiger partial charge in [0.1, 0.15) is 0 Å². The van der Waals surface area contributed by atoms with Gasteiger partial charge < -0.3 is 0 Å². The van der Waals surface area contributed by atoms with Crippen LogP contribution in [0.1, 0.15) is 23.9 Å². The lowest BCUT2D eigenvalue weighted by molar-refractivity contribution is 0.908. The molecule has 0 amide bonds. The monoisotopic (exact) mass is 225 g/mol. The first-order chi connectivity index (χ1) is 7.44. The van der Waals surface area contributed by atoms with Gasteiger partial charge in [0, 0.05) is 4.47 Å². The van der Waals surface area contributed by atoms with Gasteiger partial charge in [-0.25, -0.2) is 0 Å². The van der Waals surface area contributed by atoms with E-state index in [0.29, 0.717) is 12.8 Å². The van der Waals surface area contributed by atoms with Crippen LogP contribution in [-0.4, -0.2) is 0 Å². The second-order valence-corrected chi connectivity index (χ2v) is 3.68. The Bertz CT molecular complexity index is 488. The zero-order valence-corrected chi connectivity index (χ0v) is 7.83. The van der Waals surface area contributed by atoms with Crippen LogP contribution in [0.5, 0.6) is 0 Å². The van der Waals surface area contributed by atoms with Gasteiger partial charge in [-0.2, -0.15) is 5.26 Å². The van der Waals surface area contributed by atoms with Crippen LogP contribution in [0, 0.1) is 11.3 Å². The van der Waals surface area contributed by atoms with E-state index in [4.69, 9.17) is 10.7 Å². The molecule has 0 heterocycles. The van der Waals surface area contributed by atoms with Gasteiger partial charge in [-0.15, -0.1) is 0 Å². The highest BCUT2D eigenvalue weighted by molar-refractivity contribution is 9.10. The third-order valence-electron chi connectivity index (χ3n) is 2.04. The molecule has 0 aromatic heterocycles. The number of hydrogen-bond acceptors (Lipinski definition) is 1. The van der Waals surface area contributed by atoms with E-state index in [-0.39, 0.29) is 34.2 Å². The van der Waals surface area contributed by atoms with Gasteiger partial charge in [-0.3, -0.25) is 0 Å². The Balaban J connectivity index is 2.77. The van der Waals surface area contributed by atoms with Crippen molar-refractivity contribution in [2.45, 2.75) is 18.3 Å². The molecule has 60 valence electrons. The fourth-order valence-electron chi connectivity index (χ4n) is 1.08. The van der Waals surface area contributed by atoms with E-state index in [1.165, 1.54) is 0 Å². The van der Waals surface area contributed by atoms with Gasteiger partial charge in [0.15, 0.2) is 0 Å². The van der Waals surface area contributed by atoms with Crippen LogP contribution < -0.4 is 0 Å². The van der Waals surface area contributed by atoms with E-state index in [0.717, 1.165) is 0 Å². The average Bonchev–Trinajstić information content (AvgIpc) is 3.05. The van der Waals surface area contributed by atoms with Gasteiger partial charge in [0.2, 0.25) is 0 Å². The molecule has 1 aromatic carbocycles. The molecule has 1 nitrogen and oxygen atoms in total. The number of rotatable bonds is 1. The smallest absolute Gasteiger partial charge is 0.0823 e. The molecule has 1 aromatic rings. The van der Waals surface area contributed by atoms with Crippen LogP contribution in [0.15, 0.2) is 28.6 Å². The maximum atomic E-state index is 9.06. The van der Waals surface area contributed by atoms with Crippen molar-refractivity contribution < 1.29 is 5.48 Å². The fourth-order valence-corrected chi connectivity index (χ4v) is 1.28. The Morgan fingerprint density at radius 1 is 1.42 bits per heavy atom. The van der Waals surface area contributed by atoms with E-state index in [1.807, 2.05) is 0 Å². The Hall–Kier alpha value is -0.810. The summed E-state index contributed by atoms with van der Waals surface area (Å²) in [7, 11) is 0. The van der Waals surface area contributed by atoms with Crippen molar-refractivity contribution in [1.29, 1.82) is 5.26 Å². The van der Waals surface area contributed by atoms with E-state index in [1.54, 1.807) is 0 Å². The van der Waals surface area contributed by atoms with Crippen molar-refractivity contribution in [3.8, 4) is 6.07 Å². The highest BCUT2D eigenvalue weighted by Crippen LogP contribution is 2.47. The largest absolute Gasteiger partial charge is 0.197 e. The van der Waals surface area contributed by atoms with Gasteiger partial charge in [-0.05, 0) is 30.5 Å². The Kier molecular flexibility index (Phi) is 0.961. The summed E-state index contributed by atoms with van der Waals surface area (Å²) in [6.07, 6.45) is 1.23. The molecule has 12 heavy (non-hydrogen) atoms. The molecular weight excluding hydrogens is 214 g/mol. The molecule has 1 fully saturated rings. The van der Waals surface area contributed by atoms with Crippen molar-refractivity contribution in [1.82, 2.24) is 0 Å². The van der Waals surface area contributed by atoms with E-state index in [2.05, 4.69) is 22.0 Å². The van der Waals surface area contributed by atoms with Crippen LogP contribution >= 0.6 is 15.9 Å². The van der Waals surface area contributed by atoms with Crippen molar-refractivity contribution in [2.75, 3.05) is 0 Å². The summed E-state index contributed by atoms with van der Waals surface area (Å²) in [5, 5.41) is 9.06. The van der Waals surface area contributed by atoms with Crippen molar-refractivity contribution in [2.24, 2.45) is 0 Å². The van der Waals surface area contributed by atoms with Crippen molar-refractivity contribution in [3.05, 3.63) is 34.2 Å². The van der Waals surface area contributed by atoms with E-state index < -0.39 is 5.41 Å². The highest BCUT2D eigenvalue weighted by atomic mass is 79.9. The molecule has 2 rings (SSSR count). The molecule has 0 atom stereocenters. The van der Waals surface area contributed by atoms with Crippen molar-refractivity contribution in [3.63, 3.8) is 0 Å². The van der Waals surface area contributed by atoms with Crippen LogP contribution in [0.25, 0.3) is 0 Å².